The van der Waals surface area contributed by atoms with Crippen LogP contribution in [0.15, 0.2) is 30.6 Å². The maximum absolute atomic E-state index is 12.3. The van der Waals surface area contributed by atoms with E-state index in [-0.39, 0.29) is 6.54 Å². The van der Waals surface area contributed by atoms with Crippen LogP contribution in [0.25, 0.3) is 0 Å². The molecule has 0 bridgehead atoms. The zero-order valence-electron chi connectivity index (χ0n) is 12.4. The summed E-state index contributed by atoms with van der Waals surface area (Å²) in [7, 11) is 0. The molecule has 1 aromatic carbocycles. The van der Waals surface area contributed by atoms with Crippen molar-refractivity contribution in [1.29, 1.82) is 0 Å². The van der Waals surface area contributed by atoms with Crippen LogP contribution < -0.4 is 5.32 Å². The van der Waals surface area contributed by atoms with E-state index >= 15 is 0 Å². The molecule has 0 aliphatic rings. The molecule has 2 rings (SSSR count). The zero-order valence-corrected chi connectivity index (χ0v) is 12.4. The van der Waals surface area contributed by atoms with Crippen LogP contribution >= 0.6 is 0 Å². The lowest BCUT2D eigenvalue weighted by atomic mass is 10.0. The molecule has 0 saturated heterocycles. The first-order valence-electron chi connectivity index (χ1n) is 7.28. The largest absolute Gasteiger partial charge is 0.381 e. The van der Waals surface area contributed by atoms with Gasteiger partial charge in [-0.3, -0.25) is 4.68 Å². The summed E-state index contributed by atoms with van der Waals surface area (Å²) in [5.74, 6) is 0. The van der Waals surface area contributed by atoms with Gasteiger partial charge in [-0.2, -0.15) is 5.10 Å². The van der Waals surface area contributed by atoms with Gasteiger partial charge in [-0.1, -0.05) is 26.0 Å². The number of anilines is 1. The third kappa shape index (κ3) is 4.03. The van der Waals surface area contributed by atoms with Gasteiger partial charge in [-0.25, -0.2) is 8.78 Å². The Hall–Kier alpha value is -1.91. The number of alkyl halides is 2. The SMILES string of the molecule is CCc1cccc(NCc2cnn(CC(F)F)c2)c1CC. The molecule has 0 spiro atoms. The smallest absolute Gasteiger partial charge is 0.257 e. The van der Waals surface area contributed by atoms with Crippen molar-refractivity contribution in [2.24, 2.45) is 0 Å². The number of hydrogen-bond donors (Lipinski definition) is 1. The molecule has 1 aromatic heterocycles. The van der Waals surface area contributed by atoms with Gasteiger partial charge in [0.15, 0.2) is 0 Å². The van der Waals surface area contributed by atoms with E-state index in [1.165, 1.54) is 15.8 Å². The zero-order chi connectivity index (χ0) is 15.2. The Balaban J connectivity index is 2.04. The first-order valence-corrected chi connectivity index (χ1v) is 7.28. The Morgan fingerprint density at radius 1 is 1.24 bits per heavy atom. The normalized spacial score (nSPS) is 11.1. The summed E-state index contributed by atoms with van der Waals surface area (Å²) in [6.45, 7) is 4.52. The standard InChI is InChI=1S/C16H21F2N3/c1-3-13-6-5-7-15(14(13)4-2)19-8-12-9-20-21(10-12)11-16(17)18/h5-7,9-10,16,19H,3-4,8,11H2,1-2H3. The van der Waals surface area contributed by atoms with Crippen LogP contribution in [0.1, 0.15) is 30.5 Å². The average Bonchev–Trinajstić information content (AvgIpc) is 2.91. The van der Waals surface area contributed by atoms with E-state index in [1.807, 2.05) is 6.07 Å². The third-order valence-corrected chi connectivity index (χ3v) is 3.50. The van der Waals surface area contributed by atoms with E-state index in [0.29, 0.717) is 6.54 Å². The minimum atomic E-state index is -2.38. The van der Waals surface area contributed by atoms with E-state index in [0.717, 1.165) is 24.1 Å². The monoisotopic (exact) mass is 293 g/mol. The minimum absolute atomic E-state index is 0.356. The number of nitrogens with one attached hydrogen (secondary N) is 1. The van der Waals surface area contributed by atoms with Gasteiger partial charge in [0, 0.05) is 24.0 Å². The van der Waals surface area contributed by atoms with Gasteiger partial charge >= 0.3 is 0 Å². The number of halogens is 2. The summed E-state index contributed by atoms with van der Waals surface area (Å²) in [5, 5.41) is 7.32. The molecule has 0 fully saturated rings. The first kappa shape index (κ1) is 15.5. The van der Waals surface area contributed by atoms with Crippen LogP contribution in [0.4, 0.5) is 14.5 Å². The van der Waals surface area contributed by atoms with Gasteiger partial charge in [-0.05, 0) is 30.0 Å². The van der Waals surface area contributed by atoms with Crippen molar-refractivity contribution >= 4 is 5.69 Å². The minimum Gasteiger partial charge on any atom is -0.381 e. The summed E-state index contributed by atoms with van der Waals surface area (Å²) < 4.78 is 25.9. The molecule has 0 aliphatic heterocycles. The Labute approximate surface area is 124 Å². The number of hydrogen-bond acceptors (Lipinski definition) is 2. The molecular formula is C16H21F2N3. The average molecular weight is 293 g/mol. The van der Waals surface area contributed by atoms with Crippen molar-refractivity contribution in [2.45, 2.75) is 46.2 Å². The molecule has 1 N–H and O–H groups in total. The maximum atomic E-state index is 12.3. The molecular weight excluding hydrogens is 272 g/mol. The highest BCUT2D eigenvalue weighted by Gasteiger charge is 2.07. The Bertz CT molecular complexity index is 579. The lowest BCUT2D eigenvalue weighted by Gasteiger charge is -2.14. The third-order valence-electron chi connectivity index (χ3n) is 3.50. The van der Waals surface area contributed by atoms with Gasteiger partial charge in [0.05, 0.1) is 6.20 Å². The molecule has 0 unspecified atom stereocenters. The lowest BCUT2D eigenvalue weighted by molar-refractivity contribution is 0.122. The quantitative estimate of drug-likeness (QED) is 0.839. The van der Waals surface area contributed by atoms with E-state index < -0.39 is 6.43 Å². The van der Waals surface area contributed by atoms with Gasteiger partial charge in [0.25, 0.3) is 6.43 Å². The van der Waals surface area contributed by atoms with Gasteiger partial charge < -0.3 is 5.32 Å². The molecule has 21 heavy (non-hydrogen) atoms. The van der Waals surface area contributed by atoms with E-state index in [2.05, 4.69) is 36.4 Å². The van der Waals surface area contributed by atoms with Crippen LogP contribution in [-0.2, 0) is 25.9 Å². The first-order chi connectivity index (χ1) is 10.1. The van der Waals surface area contributed by atoms with Crippen molar-refractivity contribution in [3.63, 3.8) is 0 Å². The van der Waals surface area contributed by atoms with Gasteiger partial charge in [0.1, 0.15) is 6.54 Å². The van der Waals surface area contributed by atoms with Gasteiger partial charge in [0.2, 0.25) is 0 Å². The second-order valence-corrected chi connectivity index (χ2v) is 4.97. The summed E-state index contributed by atoms with van der Waals surface area (Å²) in [6.07, 6.45) is 2.89. The fraction of sp³-hybridized carbons (Fsp3) is 0.438. The van der Waals surface area contributed by atoms with Crippen LogP contribution in [0.5, 0.6) is 0 Å². The van der Waals surface area contributed by atoms with Crippen molar-refractivity contribution in [3.8, 4) is 0 Å². The van der Waals surface area contributed by atoms with Crippen LogP contribution in [0.2, 0.25) is 0 Å². The summed E-state index contributed by atoms with van der Waals surface area (Å²) in [6, 6.07) is 6.24. The Morgan fingerprint density at radius 2 is 2.05 bits per heavy atom. The van der Waals surface area contributed by atoms with Crippen LogP contribution in [-0.4, -0.2) is 16.2 Å². The highest BCUT2D eigenvalue weighted by Crippen LogP contribution is 2.22. The second-order valence-electron chi connectivity index (χ2n) is 4.97. The topological polar surface area (TPSA) is 29.9 Å². The molecule has 0 atom stereocenters. The fourth-order valence-electron chi connectivity index (χ4n) is 2.49. The number of benzene rings is 1. The molecule has 5 heteroatoms. The van der Waals surface area contributed by atoms with E-state index in [4.69, 9.17) is 0 Å². The summed E-state index contributed by atoms with van der Waals surface area (Å²) in [5.41, 5.74) is 4.67. The number of nitrogens with zero attached hydrogens (tertiary/aromatic N) is 2. The van der Waals surface area contributed by atoms with E-state index in [9.17, 15) is 8.78 Å². The van der Waals surface area contributed by atoms with Gasteiger partial charge in [-0.15, -0.1) is 0 Å². The van der Waals surface area contributed by atoms with Crippen molar-refractivity contribution < 1.29 is 8.78 Å². The van der Waals surface area contributed by atoms with Crippen molar-refractivity contribution in [2.75, 3.05) is 5.32 Å². The number of rotatable bonds is 7. The molecule has 1 heterocycles. The summed E-state index contributed by atoms with van der Waals surface area (Å²) >= 11 is 0. The fourth-order valence-corrected chi connectivity index (χ4v) is 2.49. The Morgan fingerprint density at radius 3 is 2.71 bits per heavy atom. The van der Waals surface area contributed by atoms with Crippen molar-refractivity contribution in [3.05, 3.63) is 47.3 Å². The second kappa shape index (κ2) is 7.20. The number of aryl methyl sites for hydroxylation is 1. The van der Waals surface area contributed by atoms with Crippen molar-refractivity contribution in [1.82, 2.24) is 9.78 Å². The molecule has 114 valence electrons. The maximum Gasteiger partial charge on any atom is 0.257 e. The lowest BCUT2D eigenvalue weighted by Crippen LogP contribution is -2.07. The van der Waals surface area contributed by atoms with Crippen LogP contribution in [0, 0.1) is 0 Å². The predicted octanol–water partition coefficient (Wildman–Crippen LogP) is 3.89. The molecule has 0 amide bonds. The molecule has 0 radical (unpaired) electrons. The predicted molar refractivity (Wildman–Crippen MR) is 80.8 cm³/mol. The number of aromatic nitrogens is 2. The van der Waals surface area contributed by atoms with Crippen LogP contribution in [0.3, 0.4) is 0 Å². The van der Waals surface area contributed by atoms with E-state index in [1.54, 1.807) is 12.4 Å². The molecule has 2 aromatic rings. The summed E-state index contributed by atoms with van der Waals surface area (Å²) in [4.78, 5) is 0. The Kier molecular flexibility index (Phi) is 5.31. The molecule has 0 saturated carbocycles. The highest BCUT2D eigenvalue weighted by atomic mass is 19.3. The molecule has 3 nitrogen and oxygen atoms in total. The highest BCUT2D eigenvalue weighted by molar-refractivity contribution is 5.55. The molecule has 0 aliphatic carbocycles.